The molecule has 1 aliphatic rings. The smallest absolute Gasteiger partial charge is 0.313 e. The lowest BCUT2D eigenvalue weighted by Crippen LogP contribution is -2.23. The van der Waals surface area contributed by atoms with E-state index in [4.69, 9.17) is 0 Å². The summed E-state index contributed by atoms with van der Waals surface area (Å²) in [4.78, 5) is 32.4. The van der Waals surface area contributed by atoms with E-state index < -0.39 is 47.0 Å². The molecule has 4 heterocycles. The van der Waals surface area contributed by atoms with Crippen molar-refractivity contribution in [3.8, 4) is 11.3 Å². The van der Waals surface area contributed by atoms with Crippen LogP contribution in [0, 0.1) is 11.6 Å². The molecule has 9 nitrogen and oxygen atoms in total. The Morgan fingerprint density at radius 3 is 2.64 bits per heavy atom. The number of fused-ring (bicyclic) bond motifs is 2. The lowest BCUT2D eigenvalue weighted by molar-refractivity contribution is -0.141. The minimum Gasteiger partial charge on any atom is -0.313 e. The summed E-state index contributed by atoms with van der Waals surface area (Å²) in [5.74, 6) is -2.76. The highest BCUT2D eigenvalue weighted by Crippen LogP contribution is 2.56. The lowest BCUT2D eigenvalue weighted by atomic mass is 10.0. The number of benzene rings is 1. The molecule has 1 aromatic carbocycles. The second-order valence-electron chi connectivity index (χ2n) is 8.56. The number of nitrogens with zero attached hydrogens (tertiary/aromatic N) is 5. The van der Waals surface area contributed by atoms with Gasteiger partial charge in [-0.05, 0) is 36.0 Å². The number of aromatic nitrogens is 7. The molecular weight excluding hydrogens is 489 g/mol. The van der Waals surface area contributed by atoms with Crippen LogP contribution < -0.4 is 11.2 Å². The van der Waals surface area contributed by atoms with Gasteiger partial charge in [-0.2, -0.15) is 23.4 Å². The highest BCUT2D eigenvalue weighted by molar-refractivity contribution is 5.81. The molecule has 1 saturated carbocycles. The van der Waals surface area contributed by atoms with Gasteiger partial charge in [-0.15, -0.1) is 0 Å². The van der Waals surface area contributed by atoms with Crippen molar-refractivity contribution in [3.63, 3.8) is 0 Å². The van der Waals surface area contributed by atoms with Gasteiger partial charge in [0.05, 0.1) is 22.8 Å². The van der Waals surface area contributed by atoms with Crippen LogP contribution >= 0.6 is 0 Å². The zero-order valence-corrected chi connectivity index (χ0v) is 18.0. The van der Waals surface area contributed by atoms with Gasteiger partial charge >= 0.3 is 11.9 Å². The lowest BCUT2D eigenvalue weighted by Gasteiger charge is -2.11. The third-order valence-corrected chi connectivity index (χ3v) is 6.24. The van der Waals surface area contributed by atoms with Crippen molar-refractivity contribution < 1.29 is 22.0 Å². The van der Waals surface area contributed by atoms with Crippen molar-refractivity contribution >= 4 is 16.6 Å². The van der Waals surface area contributed by atoms with Gasteiger partial charge in [-0.3, -0.25) is 14.5 Å². The Bertz CT molecular complexity index is 1780. The molecule has 1 aliphatic carbocycles. The van der Waals surface area contributed by atoms with E-state index in [-0.39, 0.29) is 28.1 Å². The molecule has 0 amide bonds. The van der Waals surface area contributed by atoms with Crippen LogP contribution in [-0.2, 0) is 6.54 Å². The first-order chi connectivity index (χ1) is 17.1. The first-order valence-corrected chi connectivity index (χ1v) is 10.7. The van der Waals surface area contributed by atoms with Gasteiger partial charge in [0.25, 0.3) is 5.56 Å². The highest BCUT2D eigenvalue weighted by Gasteiger charge is 2.44. The molecule has 1 fully saturated rings. The largest absolute Gasteiger partial charge is 0.408 e. The van der Waals surface area contributed by atoms with E-state index >= 15 is 4.39 Å². The topological polar surface area (TPSA) is 114 Å². The molecular formula is C22H14F5N7O2. The standard InChI is InChI=1S/C22H14F5N7O2/c23-15-4-11(17(24)18-13(15)7-30-34(18)8-22(25,26)27)9-3-10(9)12-5-16(32-33-2-1-28-19(12)33)14-6-29-21(36)31-20(14)35/h1-2,4-7,9-10H,3,8H2,(H2,29,31,35,36)/t9-,10-/m0/s1. The molecule has 14 heteroatoms. The number of hydrogen-bond acceptors (Lipinski definition) is 5. The van der Waals surface area contributed by atoms with Crippen molar-refractivity contribution in [1.29, 1.82) is 0 Å². The fourth-order valence-electron chi connectivity index (χ4n) is 4.59. The summed E-state index contributed by atoms with van der Waals surface area (Å²) in [5.41, 5.74) is -0.663. The number of alkyl halides is 3. The molecule has 0 unspecified atom stereocenters. The highest BCUT2D eigenvalue weighted by atomic mass is 19.4. The summed E-state index contributed by atoms with van der Waals surface area (Å²) in [6, 6.07) is 2.57. The zero-order chi connectivity index (χ0) is 25.4. The van der Waals surface area contributed by atoms with E-state index in [1.165, 1.54) is 16.9 Å². The third kappa shape index (κ3) is 3.56. The van der Waals surface area contributed by atoms with Crippen LogP contribution in [0.5, 0.6) is 0 Å². The molecule has 6 rings (SSSR count). The summed E-state index contributed by atoms with van der Waals surface area (Å²) in [5, 5.41) is 7.53. The molecule has 2 atom stereocenters. The van der Waals surface area contributed by atoms with E-state index in [1.807, 2.05) is 0 Å². The molecule has 184 valence electrons. The van der Waals surface area contributed by atoms with E-state index in [2.05, 4.69) is 25.1 Å². The molecule has 5 aromatic rings. The third-order valence-electron chi connectivity index (χ3n) is 6.24. The minimum atomic E-state index is -4.67. The van der Waals surface area contributed by atoms with Crippen molar-refractivity contribution in [2.24, 2.45) is 0 Å². The van der Waals surface area contributed by atoms with E-state index in [9.17, 15) is 27.2 Å². The number of hydrogen-bond donors (Lipinski definition) is 2. The van der Waals surface area contributed by atoms with Crippen molar-refractivity contribution in [1.82, 2.24) is 34.3 Å². The predicted octanol–water partition coefficient (Wildman–Crippen LogP) is 3.23. The van der Waals surface area contributed by atoms with E-state index in [1.54, 1.807) is 12.3 Å². The average molecular weight is 503 g/mol. The van der Waals surface area contributed by atoms with E-state index in [0.717, 1.165) is 12.3 Å². The average Bonchev–Trinajstić information content (AvgIpc) is 3.23. The molecule has 0 spiro atoms. The van der Waals surface area contributed by atoms with Crippen molar-refractivity contribution in [3.05, 3.63) is 80.5 Å². The quantitative estimate of drug-likeness (QED) is 0.366. The summed E-state index contributed by atoms with van der Waals surface area (Å²) in [7, 11) is 0. The van der Waals surface area contributed by atoms with Gasteiger partial charge < -0.3 is 4.98 Å². The van der Waals surface area contributed by atoms with Gasteiger partial charge in [0, 0.05) is 24.2 Å². The number of aromatic amines is 2. The van der Waals surface area contributed by atoms with Gasteiger partial charge in [0.15, 0.2) is 11.5 Å². The number of nitrogens with one attached hydrogen (secondary N) is 2. The van der Waals surface area contributed by atoms with Crippen LogP contribution in [-0.4, -0.2) is 40.5 Å². The van der Waals surface area contributed by atoms with Crippen LogP contribution in [0.15, 0.2) is 46.5 Å². The summed E-state index contributed by atoms with van der Waals surface area (Å²) in [6.45, 7) is -1.56. The van der Waals surface area contributed by atoms with Crippen LogP contribution in [0.3, 0.4) is 0 Å². The molecule has 0 aliphatic heterocycles. The monoisotopic (exact) mass is 503 g/mol. The summed E-state index contributed by atoms with van der Waals surface area (Å²) >= 11 is 0. The maximum atomic E-state index is 15.5. The number of H-pyrrole nitrogens is 2. The van der Waals surface area contributed by atoms with Crippen LogP contribution in [0.25, 0.3) is 27.8 Å². The van der Waals surface area contributed by atoms with E-state index in [0.29, 0.717) is 22.3 Å². The number of halogens is 5. The fraction of sp³-hybridized carbons (Fsp3) is 0.227. The molecule has 0 bridgehead atoms. The molecule has 36 heavy (non-hydrogen) atoms. The SMILES string of the molecule is O=c1[nH]cc(-c2cc([C@H]3C[C@@H]3c3cc(F)c4cnn(CC(F)(F)F)c4c3F)c3nccn3n2)c(=O)[nH]1. The van der Waals surface area contributed by atoms with Crippen molar-refractivity contribution in [2.45, 2.75) is 31.0 Å². The van der Waals surface area contributed by atoms with Crippen LogP contribution in [0.2, 0.25) is 0 Å². The Morgan fingerprint density at radius 1 is 1.11 bits per heavy atom. The molecule has 4 aromatic heterocycles. The molecule has 2 N–H and O–H groups in total. The van der Waals surface area contributed by atoms with Gasteiger partial charge in [-0.25, -0.2) is 23.1 Å². The molecule has 0 radical (unpaired) electrons. The first kappa shape index (κ1) is 22.1. The van der Waals surface area contributed by atoms with Gasteiger partial charge in [0.2, 0.25) is 0 Å². The summed E-state index contributed by atoms with van der Waals surface area (Å²) < 4.78 is 70.9. The number of imidazole rings is 1. The Kier molecular flexibility index (Phi) is 4.65. The fourth-order valence-corrected chi connectivity index (χ4v) is 4.59. The van der Waals surface area contributed by atoms with Crippen LogP contribution in [0.1, 0.15) is 29.4 Å². The predicted molar refractivity (Wildman–Crippen MR) is 115 cm³/mol. The van der Waals surface area contributed by atoms with Crippen LogP contribution in [0.4, 0.5) is 22.0 Å². The number of rotatable bonds is 4. The normalized spacial score (nSPS) is 17.8. The van der Waals surface area contributed by atoms with Crippen molar-refractivity contribution in [2.75, 3.05) is 0 Å². The Hall–Kier alpha value is -4.36. The first-order valence-electron chi connectivity index (χ1n) is 10.7. The maximum absolute atomic E-state index is 15.5. The molecule has 0 saturated heterocycles. The maximum Gasteiger partial charge on any atom is 0.408 e. The Labute approximate surface area is 196 Å². The second-order valence-corrected chi connectivity index (χ2v) is 8.56. The summed E-state index contributed by atoms with van der Waals surface area (Å²) in [6.07, 6.45) is 0.806. The second kappa shape index (κ2) is 7.57. The Balaban J connectivity index is 1.44. The van der Waals surface area contributed by atoms with Gasteiger partial charge in [0.1, 0.15) is 17.9 Å². The van der Waals surface area contributed by atoms with Gasteiger partial charge in [-0.1, -0.05) is 0 Å². The Morgan fingerprint density at radius 2 is 1.89 bits per heavy atom. The minimum absolute atomic E-state index is 0.0705. The zero-order valence-electron chi connectivity index (χ0n) is 18.0.